The minimum atomic E-state index is -0.534. The van der Waals surface area contributed by atoms with Gasteiger partial charge in [0.25, 0.3) is 0 Å². The third-order valence-electron chi connectivity index (χ3n) is 13.5. The number of hydrogen-bond donors (Lipinski definition) is 5. The van der Waals surface area contributed by atoms with Gasteiger partial charge in [0.2, 0.25) is 0 Å². The maximum Gasteiger partial charge on any atom is 0.141 e. The van der Waals surface area contributed by atoms with Gasteiger partial charge < -0.3 is 17.5 Å². The zero-order chi connectivity index (χ0) is 26.7. The Morgan fingerprint density at radius 3 is 2.19 bits per heavy atom. The van der Waals surface area contributed by atoms with Gasteiger partial charge in [0.15, 0.2) is 0 Å². The Balaban J connectivity index is 0.000000711. The molecule has 0 bridgehead atoms. The Labute approximate surface area is 231 Å². The number of aliphatic hydroxyl groups is 1. The highest BCUT2D eigenvalue weighted by molar-refractivity contribution is 5.86. The number of Topliss-reactive ketones (excluding diaryl/α,β-unsaturated/α-hetero) is 1. The molecular formula is C30H54ClN3O3. The number of carbonyl (C=O) groups excluding carboxylic acids is 1. The Kier molecular flexibility index (Phi) is 8.79. The van der Waals surface area contributed by atoms with E-state index in [9.17, 15) is 9.90 Å². The molecule has 6 nitrogen and oxygen atoms in total. The van der Waals surface area contributed by atoms with Crippen LogP contribution in [0.3, 0.4) is 0 Å². The Morgan fingerprint density at radius 2 is 1.62 bits per heavy atom. The molecule has 37 heavy (non-hydrogen) atoms. The van der Waals surface area contributed by atoms with Crippen molar-refractivity contribution in [3.63, 3.8) is 0 Å². The average Bonchev–Trinajstić information content (AvgIpc) is 3.20. The lowest BCUT2D eigenvalue weighted by atomic mass is 9.32. The minimum Gasteiger partial charge on any atom is -1.00 e. The van der Waals surface area contributed by atoms with E-state index in [1.807, 2.05) is 5.53 Å². The minimum absolute atomic E-state index is 0. The number of quaternary nitrogens is 1. The van der Waals surface area contributed by atoms with E-state index >= 15 is 0 Å². The van der Waals surface area contributed by atoms with Gasteiger partial charge in [-0.3, -0.25) is 15.8 Å². The number of ketones is 1. The molecular weight excluding hydrogens is 486 g/mol. The molecule has 0 aliphatic heterocycles. The van der Waals surface area contributed by atoms with Crippen LogP contribution in [0.15, 0.2) is 12.2 Å². The van der Waals surface area contributed by atoms with Crippen LogP contribution in [0.5, 0.6) is 0 Å². The number of carbonyl (C=O) groups is 1. The van der Waals surface area contributed by atoms with Crippen molar-refractivity contribution in [2.45, 2.75) is 106 Å². The predicted octanol–water partition coefficient (Wildman–Crippen LogP) is 1.84. The summed E-state index contributed by atoms with van der Waals surface area (Å²) < 4.78 is 0. The van der Waals surface area contributed by atoms with Crippen molar-refractivity contribution in [2.75, 3.05) is 6.61 Å². The molecule has 0 aromatic heterocycles. The van der Waals surface area contributed by atoms with Crippen molar-refractivity contribution in [2.24, 2.45) is 56.7 Å². The zero-order valence-electron chi connectivity index (χ0n) is 24.3. The van der Waals surface area contributed by atoms with E-state index in [4.69, 9.17) is 5.21 Å². The Hall–Kier alpha value is -0.500. The van der Waals surface area contributed by atoms with Gasteiger partial charge in [-0.25, -0.2) is 0 Å². The number of hydrazine groups is 1. The fourth-order valence-electron chi connectivity index (χ4n) is 11.3. The van der Waals surface area contributed by atoms with Gasteiger partial charge in [-0.15, -0.1) is 0 Å². The molecule has 5 saturated carbocycles. The topological polar surface area (TPSA) is 109 Å². The number of fused-ring (bicyclic) bond motifs is 7. The van der Waals surface area contributed by atoms with E-state index in [0.29, 0.717) is 46.2 Å². The highest BCUT2D eigenvalue weighted by Gasteiger charge is 2.70. The molecule has 5 rings (SSSR count). The van der Waals surface area contributed by atoms with E-state index < -0.39 is 5.41 Å². The normalized spacial score (nSPS) is 50.3. The smallest absolute Gasteiger partial charge is 0.141 e. The van der Waals surface area contributed by atoms with Crippen LogP contribution in [0.1, 0.15) is 106 Å². The highest BCUT2D eigenvalue weighted by atomic mass is 35.5. The summed E-state index contributed by atoms with van der Waals surface area (Å²) in [5.41, 5.74) is 5.84. The molecule has 7 heteroatoms. The first-order valence-electron chi connectivity index (χ1n) is 14.5. The monoisotopic (exact) mass is 539 g/mol. The molecule has 4 unspecified atom stereocenters. The number of nitrogens with one attached hydrogen (secondary N) is 2. The van der Waals surface area contributed by atoms with E-state index in [2.05, 4.69) is 54.0 Å². The number of aliphatic hydroxyl groups excluding tert-OH is 1. The largest absolute Gasteiger partial charge is 1.00 e. The van der Waals surface area contributed by atoms with Crippen LogP contribution in [-0.4, -0.2) is 22.7 Å². The number of rotatable bonds is 3. The van der Waals surface area contributed by atoms with Crippen molar-refractivity contribution in [3.05, 3.63) is 12.2 Å². The summed E-state index contributed by atoms with van der Waals surface area (Å²) in [6.07, 6.45) is 12.2. The van der Waals surface area contributed by atoms with Gasteiger partial charge in [-0.1, -0.05) is 57.9 Å². The summed E-state index contributed by atoms with van der Waals surface area (Å²) >= 11 is 0. The molecule has 5 aliphatic rings. The number of halogens is 1. The maximum absolute atomic E-state index is 13.0. The molecule has 0 aromatic carbocycles. The summed E-state index contributed by atoms with van der Waals surface area (Å²) in [6.45, 7) is 19.3. The maximum atomic E-state index is 13.0. The fourth-order valence-corrected chi connectivity index (χ4v) is 11.3. The molecule has 0 aromatic rings. The summed E-state index contributed by atoms with van der Waals surface area (Å²) in [4.78, 5) is 13.0. The summed E-state index contributed by atoms with van der Waals surface area (Å²) in [6, 6.07) is 0. The van der Waals surface area contributed by atoms with Crippen LogP contribution in [0, 0.1) is 56.7 Å². The summed E-state index contributed by atoms with van der Waals surface area (Å²) in [7, 11) is 0. The van der Waals surface area contributed by atoms with Gasteiger partial charge in [0.05, 0.1) is 12.0 Å². The van der Waals surface area contributed by atoms with Crippen LogP contribution in [-0.2, 0) is 4.79 Å². The molecule has 7 N–H and O–H groups in total. The van der Waals surface area contributed by atoms with E-state index in [1.165, 1.54) is 50.5 Å². The van der Waals surface area contributed by atoms with Crippen LogP contribution in [0.2, 0.25) is 0 Å². The molecule has 0 heterocycles. The molecule has 0 amide bonds. The van der Waals surface area contributed by atoms with Crippen molar-refractivity contribution in [3.8, 4) is 0 Å². The van der Waals surface area contributed by atoms with Gasteiger partial charge >= 0.3 is 0 Å². The molecule has 10 atom stereocenters. The second-order valence-electron chi connectivity index (χ2n) is 14.6. The average molecular weight is 540 g/mol. The van der Waals surface area contributed by atoms with Crippen molar-refractivity contribution >= 4 is 5.78 Å². The lowest BCUT2D eigenvalue weighted by molar-refractivity contribution is -0.473. The van der Waals surface area contributed by atoms with Crippen molar-refractivity contribution in [1.29, 1.82) is 0 Å². The predicted molar refractivity (Wildman–Crippen MR) is 142 cm³/mol. The molecule has 5 fully saturated rings. The van der Waals surface area contributed by atoms with E-state index in [0.717, 1.165) is 24.7 Å². The Bertz CT molecular complexity index is 884. The molecule has 214 valence electrons. The van der Waals surface area contributed by atoms with Gasteiger partial charge in [-0.2, -0.15) is 0 Å². The number of hydrogen-bond acceptors (Lipinski definition) is 5. The number of allylic oxidation sites excluding steroid dienone is 1. The third kappa shape index (κ3) is 4.28. The lowest BCUT2D eigenvalue weighted by Crippen LogP contribution is -3.00. The fraction of sp³-hybridized carbons (Fsp3) is 0.900. The molecule has 5 aliphatic carbocycles. The first-order chi connectivity index (χ1) is 16.8. The van der Waals surface area contributed by atoms with Crippen LogP contribution in [0.25, 0.3) is 0 Å². The SMILES string of the molecule is C=C(C)[C@@H]1CC[C@]2(C)CC[C@]3(C)C(CCC4[C@@]5(C)CCC(=O)[C@@](C)(CO)C5CC[C@]43C)C12.[Cl-].[NH3+]NNO. The lowest BCUT2D eigenvalue weighted by Gasteiger charge is -2.72. The van der Waals surface area contributed by atoms with E-state index in [-0.39, 0.29) is 24.4 Å². The van der Waals surface area contributed by atoms with E-state index in [1.54, 1.807) is 5.59 Å². The zero-order valence-corrected chi connectivity index (χ0v) is 25.0. The second kappa shape index (κ2) is 10.5. The Morgan fingerprint density at radius 1 is 0.973 bits per heavy atom. The highest BCUT2D eigenvalue weighted by Crippen LogP contribution is 2.77. The van der Waals surface area contributed by atoms with Gasteiger partial charge in [0, 0.05) is 6.42 Å². The summed E-state index contributed by atoms with van der Waals surface area (Å²) in [5.74, 6) is 6.63. The molecule has 0 spiro atoms. The first-order valence-corrected chi connectivity index (χ1v) is 14.5. The third-order valence-corrected chi connectivity index (χ3v) is 13.5. The molecule has 0 saturated heterocycles. The first kappa shape index (κ1) is 31.0. The van der Waals surface area contributed by atoms with Gasteiger partial charge in [0.1, 0.15) is 5.78 Å². The summed E-state index contributed by atoms with van der Waals surface area (Å²) in [5, 5.41) is 17.8. The standard InChI is InChI=1S/C30H48O2.ClH.H5N3O/c1-19(2)20-10-13-26(3)16-17-29(6)21(25(20)26)8-9-23-27(4)14-12-24(32)28(5,18-31)22(27)11-15-30(23,29)7;;1-2-3-4/h20-23,25,31H,1,8-18H2,2-7H3;1H;2-4H,1H2/t20-,21?,22?,23?,25?,26+,27-,28-,29+,30+;;/m0../s1. The van der Waals surface area contributed by atoms with Crippen LogP contribution >= 0.6 is 0 Å². The van der Waals surface area contributed by atoms with Crippen LogP contribution in [0.4, 0.5) is 0 Å². The second-order valence-corrected chi connectivity index (χ2v) is 14.6. The van der Waals surface area contributed by atoms with Crippen molar-refractivity contribution in [1.82, 2.24) is 11.1 Å². The van der Waals surface area contributed by atoms with Crippen LogP contribution < -0.4 is 29.4 Å². The van der Waals surface area contributed by atoms with Crippen molar-refractivity contribution < 1.29 is 33.4 Å². The van der Waals surface area contributed by atoms with Gasteiger partial charge in [-0.05, 0) is 116 Å². The molecule has 0 radical (unpaired) electrons. The quantitative estimate of drug-likeness (QED) is 0.278.